The van der Waals surface area contributed by atoms with E-state index in [1.165, 1.54) is 23.2 Å². The Hall–Kier alpha value is -2.53. The van der Waals surface area contributed by atoms with Gasteiger partial charge in [0.1, 0.15) is 11.5 Å². The summed E-state index contributed by atoms with van der Waals surface area (Å²) in [5.41, 5.74) is 1.09. The van der Waals surface area contributed by atoms with E-state index >= 15 is 0 Å². The van der Waals surface area contributed by atoms with Gasteiger partial charge in [0.2, 0.25) is 0 Å². The smallest absolute Gasteiger partial charge is 0.253 e. The van der Waals surface area contributed by atoms with Crippen LogP contribution in [-0.4, -0.2) is 21.8 Å². The Bertz CT molecular complexity index is 721. The molecule has 1 aliphatic rings. The van der Waals surface area contributed by atoms with Gasteiger partial charge in [-0.2, -0.15) is 5.10 Å². The van der Waals surface area contributed by atoms with E-state index < -0.39 is 0 Å². The molecule has 1 amide bonds. The molecule has 0 radical (unpaired) electrons. The molecule has 3 rings (SSSR count). The van der Waals surface area contributed by atoms with Crippen LogP contribution in [0.5, 0.6) is 11.5 Å². The molecule has 1 aliphatic heterocycles. The summed E-state index contributed by atoms with van der Waals surface area (Å²) in [7, 11) is 0. The molecule has 0 spiro atoms. The number of hydrazone groups is 1. The highest BCUT2D eigenvalue weighted by molar-refractivity contribution is 6.30. The topological polar surface area (TPSA) is 73.1 Å². The van der Waals surface area contributed by atoms with Gasteiger partial charge in [0.25, 0.3) is 5.91 Å². The number of anilines is 1. The summed E-state index contributed by atoms with van der Waals surface area (Å²) in [5.74, 6) is -0.464. The van der Waals surface area contributed by atoms with Gasteiger partial charge in [-0.05, 0) is 36.4 Å². The van der Waals surface area contributed by atoms with Gasteiger partial charge in [-0.1, -0.05) is 17.7 Å². The summed E-state index contributed by atoms with van der Waals surface area (Å²) in [5, 5.41) is 25.7. The number of aromatic hydroxyl groups is 2. The van der Waals surface area contributed by atoms with Crippen LogP contribution in [0.25, 0.3) is 0 Å². The minimum absolute atomic E-state index is 0.00770. The fourth-order valence-electron chi connectivity index (χ4n) is 2.18. The number of nitrogens with zero attached hydrogens (tertiary/aromatic N) is 2. The predicted molar refractivity (Wildman–Crippen MR) is 79.9 cm³/mol. The quantitative estimate of drug-likeness (QED) is 0.896. The van der Waals surface area contributed by atoms with Gasteiger partial charge in [-0.15, -0.1) is 0 Å². The van der Waals surface area contributed by atoms with Crippen LogP contribution >= 0.6 is 11.6 Å². The van der Waals surface area contributed by atoms with Gasteiger partial charge >= 0.3 is 0 Å². The van der Waals surface area contributed by atoms with Gasteiger partial charge in [0.05, 0.1) is 23.4 Å². The molecule has 5 nitrogen and oxygen atoms in total. The van der Waals surface area contributed by atoms with E-state index in [1.54, 1.807) is 24.3 Å². The lowest BCUT2D eigenvalue weighted by Gasteiger charge is -2.11. The van der Waals surface area contributed by atoms with Crippen molar-refractivity contribution in [3.63, 3.8) is 0 Å². The highest BCUT2D eigenvalue weighted by atomic mass is 35.5. The van der Waals surface area contributed by atoms with Crippen LogP contribution in [0.4, 0.5) is 5.69 Å². The molecule has 0 saturated heterocycles. The Morgan fingerprint density at radius 3 is 2.29 bits per heavy atom. The fourth-order valence-corrected chi connectivity index (χ4v) is 2.30. The zero-order valence-electron chi connectivity index (χ0n) is 10.8. The summed E-state index contributed by atoms with van der Waals surface area (Å²) < 4.78 is 0. The standard InChI is InChI=1S/C15H11ClN2O3/c16-9-4-6-10(7-5-9)18-14(21)8-11(17-18)15-12(19)2-1-3-13(15)20/h1-7,19-20H,8H2. The third kappa shape index (κ3) is 2.43. The first-order valence-electron chi connectivity index (χ1n) is 6.23. The normalized spacial score (nSPS) is 14.4. The molecular formula is C15H11ClN2O3. The fraction of sp³-hybridized carbons (Fsp3) is 0.0667. The van der Waals surface area contributed by atoms with Gasteiger partial charge < -0.3 is 10.2 Å². The minimum atomic E-state index is -0.241. The Morgan fingerprint density at radius 1 is 1.05 bits per heavy atom. The van der Waals surface area contributed by atoms with E-state index in [1.807, 2.05) is 0 Å². The second-order valence-corrected chi connectivity index (χ2v) is 5.01. The van der Waals surface area contributed by atoms with Crippen molar-refractivity contribution in [2.45, 2.75) is 6.42 Å². The van der Waals surface area contributed by atoms with Crippen molar-refractivity contribution in [1.29, 1.82) is 0 Å². The molecular weight excluding hydrogens is 292 g/mol. The van der Waals surface area contributed by atoms with Crippen LogP contribution in [0.2, 0.25) is 5.02 Å². The largest absolute Gasteiger partial charge is 0.507 e. The van der Waals surface area contributed by atoms with Crippen molar-refractivity contribution in [1.82, 2.24) is 0 Å². The Labute approximate surface area is 125 Å². The Kier molecular flexibility index (Phi) is 3.27. The Balaban J connectivity index is 2.01. The summed E-state index contributed by atoms with van der Waals surface area (Å²) >= 11 is 5.82. The van der Waals surface area contributed by atoms with Gasteiger partial charge in [0.15, 0.2) is 0 Å². The van der Waals surface area contributed by atoms with Crippen molar-refractivity contribution >= 4 is 28.9 Å². The SMILES string of the molecule is O=C1CC(c2c(O)cccc2O)=NN1c1ccc(Cl)cc1. The molecule has 106 valence electrons. The van der Waals surface area contributed by atoms with Crippen LogP contribution in [-0.2, 0) is 4.79 Å². The summed E-state index contributed by atoms with van der Waals surface area (Å²) in [4.78, 5) is 12.1. The molecule has 21 heavy (non-hydrogen) atoms. The van der Waals surface area contributed by atoms with E-state index in [-0.39, 0.29) is 29.4 Å². The third-order valence-electron chi connectivity index (χ3n) is 3.16. The summed E-state index contributed by atoms with van der Waals surface area (Å²) in [6, 6.07) is 11.1. The number of rotatable bonds is 2. The molecule has 0 bridgehead atoms. The molecule has 0 unspecified atom stereocenters. The van der Waals surface area contributed by atoms with Crippen molar-refractivity contribution in [2.24, 2.45) is 5.10 Å². The number of hydrogen-bond acceptors (Lipinski definition) is 4. The maximum absolute atomic E-state index is 12.1. The zero-order valence-corrected chi connectivity index (χ0v) is 11.6. The van der Waals surface area contributed by atoms with E-state index in [9.17, 15) is 15.0 Å². The summed E-state index contributed by atoms with van der Waals surface area (Å²) in [6.45, 7) is 0. The minimum Gasteiger partial charge on any atom is -0.507 e. The highest BCUT2D eigenvalue weighted by Gasteiger charge is 2.29. The summed E-state index contributed by atoms with van der Waals surface area (Å²) in [6.07, 6.45) is 0.00770. The van der Waals surface area contributed by atoms with Crippen LogP contribution < -0.4 is 5.01 Å². The molecule has 2 aromatic rings. The first-order chi connectivity index (χ1) is 10.1. The number of phenolic OH excluding ortho intramolecular Hbond substituents is 2. The molecule has 0 atom stereocenters. The molecule has 0 aromatic heterocycles. The van der Waals surface area contributed by atoms with Crippen LogP contribution in [0, 0.1) is 0 Å². The second kappa shape index (κ2) is 5.10. The number of carbonyl (C=O) groups is 1. The van der Waals surface area contributed by atoms with Crippen molar-refractivity contribution in [2.75, 3.05) is 5.01 Å². The Morgan fingerprint density at radius 2 is 1.67 bits per heavy atom. The average Bonchev–Trinajstić information content (AvgIpc) is 2.81. The third-order valence-corrected chi connectivity index (χ3v) is 3.41. The number of amides is 1. The molecule has 6 heteroatoms. The average molecular weight is 303 g/mol. The number of carbonyl (C=O) groups excluding carboxylic acids is 1. The molecule has 2 aromatic carbocycles. The number of halogens is 1. The van der Waals surface area contributed by atoms with Gasteiger partial charge in [0, 0.05) is 5.02 Å². The van der Waals surface area contributed by atoms with Crippen LogP contribution in [0.3, 0.4) is 0 Å². The van der Waals surface area contributed by atoms with Crippen molar-refractivity contribution < 1.29 is 15.0 Å². The predicted octanol–water partition coefficient (Wildman–Crippen LogP) is 2.89. The van der Waals surface area contributed by atoms with Gasteiger partial charge in [-0.25, -0.2) is 5.01 Å². The van der Waals surface area contributed by atoms with Crippen LogP contribution in [0.1, 0.15) is 12.0 Å². The lowest BCUT2D eigenvalue weighted by Crippen LogP contribution is -2.19. The van der Waals surface area contributed by atoms with E-state index in [0.29, 0.717) is 16.4 Å². The van der Waals surface area contributed by atoms with Gasteiger partial charge in [-0.3, -0.25) is 4.79 Å². The van der Waals surface area contributed by atoms with E-state index in [2.05, 4.69) is 5.10 Å². The highest BCUT2D eigenvalue weighted by Crippen LogP contribution is 2.32. The lowest BCUT2D eigenvalue weighted by molar-refractivity contribution is -0.116. The maximum atomic E-state index is 12.1. The maximum Gasteiger partial charge on any atom is 0.253 e. The number of benzene rings is 2. The molecule has 2 N–H and O–H groups in total. The number of phenols is 2. The second-order valence-electron chi connectivity index (χ2n) is 4.58. The van der Waals surface area contributed by atoms with Crippen molar-refractivity contribution in [3.05, 3.63) is 53.1 Å². The van der Waals surface area contributed by atoms with E-state index in [0.717, 1.165) is 0 Å². The first kappa shape index (κ1) is 13.5. The first-order valence-corrected chi connectivity index (χ1v) is 6.61. The lowest BCUT2D eigenvalue weighted by atomic mass is 10.1. The molecule has 0 saturated carbocycles. The molecule has 0 aliphatic carbocycles. The zero-order chi connectivity index (χ0) is 15.0. The van der Waals surface area contributed by atoms with E-state index in [4.69, 9.17) is 11.6 Å². The monoisotopic (exact) mass is 302 g/mol. The van der Waals surface area contributed by atoms with Crippen LogP contribution in [0.15, 0.2) is 47.6 Å². The molecule has 0 fully saturated rings. The molecule has 1 heterocycles. The number of hydrogen-bond donors (Lipinski definition) is 2. The van der Waals surface area contributed by atoms with Crippen molar-refractivity contribution in [3.8, 4) is 11.5 Å².